The predicted molar refractivity (Wildman–Crippen MR) is 115 cm³/mol. The predicted octanol–water partition coefficient (Wildman–Crippen LogP) is 4.78. The van der Waals surface area contributed by atoms with Gasteiger partial charge >= 0.3 is 0 Å². The second-order valence-corrected chi connectivity index (χ2v) is 9.04. The number of nitrogens with one attached hydrogen (secondary N) is 1. The van der Waals surface area contributed by atoms with Crippen molar-refractivity contribution in [2.24, 2.45) is 5.14 Å². The maximum absolute atomic E-state index is 12.8. The van der Waals surface area contributed by atoms with E-state index < -0.39 is 10.0 Å². The molecule has 3 N–H and O–H groups in total. The number of amides is 1. The molecular weight excluding hydrogens is 408 g/mol. The molecule has 0 heterocycles. The molecule has 0 saturated heterocycles. The summed E-state index contributed by atoms with van der Waals surface area (Å²) < 4.78 is 23.7. The van der Waals surface area contributed by atoms with Crippen LogP contribution in [0.5, 0.6) is 0 Å². The van der Waals surface area contributed by atoms with Crippen LogP contribution in [-0.2, 0) is 10.0 Å². The van der Waals surface area contributed by atoms with Gasteiger partial charge in [0, 0.05) is 21.8 Å². The zero-order valence-electron chi connectivity index (χ0n) is 15.4. The molecule has 0 radical (unpaired) electrons. The maximum atomic E-state index is 12.8. The molecule has 29 heavy (non-hydrogen) atoms. The van der Waals surface area contributed by atoms with Gasteiger partial charge in [0.05, 0.1) is 4.90 Å². The van der Waals surface area contributed by atoms with Crippen LogP contribution in [0.1, 0.15) is 34.7 Å². The van der Waals surface area contributed by atoms with Gasteiger partial charge < -0.3 is 5.32 Å². The van der Waals surface area contributed by atoms with E-state index in [-0.39, 0.29) is 10.8 Å². The standard InChI is InChI=1S/C22H19ClN2O3S/c23-16-9-12-18(14-5-6-14)20(13-16)22(26)25-17-10-7-15(8-11-17)19-3-1-2-4-21(19)29(24,27)28/h1-4,7-14H,5-6H2,(H,25,26)(H2,24,27,28). The Labute approximate surface area is 174 Å². The van der Waals surface area contributed by atoms with Gasteiger partial charge in [0.25, 0.3) is 5.91 Å². The molecule has 0 aromatic heterocycles. The molecule has 1 amide bonds. The first kappa shape index (κ1) is 19.6. The Morgan fingerprint density at radius 1 is 1.00 bits per heavy atom. The number of carbonyl (C=O) groups excluding carboxylic acids is 1. The number of hydrogen-bond donors (Lipinski definition) is 2. The summed E-state index contributed by atoms with van der Waals surface area (Å²) in [6, 6.07) is 18.9. The van der Waals surface area contributed by atoms with Crippen molar-refractivity contribution in [3.05, 3.63) is 82.9 Å². The normalized spacial score (nSPS) is 13.9. The van der Waals surface area contributed by atoms with Crippen molar-refractivity contribution in [1.82, 2.24) is 0 Å². The van der Waals surface area contributed by atoms with Crippen molar-refractivity contribution < 1.29 is 13.2 Å². The fraction of sp³-hybridized carbons (Fsp3) is 0.136. The number of nitrogens with two attached hydrogens (primary N) is 1. The fourth-order valence-electron chi connectivity index (χ4n) is 3.36. The molecule has 0 unspecified atom stereocenters. The van der Waals surface area contributed by atoms with E-state index >= 15 is 0 Å². The molecule has 0 aliphatic heterocycles. The first-order chi connectivity index (χ1) is 13.8. The first-order valence-corrected chi connectivity index (χ1v) is 11.1. The molecule has 0 atom stereocenters. The van der Waals surface area contributed by atoms with Crippen LogP contribution in [0.2, 0.25) is 5.02 Å². The number of halogens is 1. The molecule has 4 rings (SSSR count). The van der Waals surface area contributed by atoms with Crippen molar-refractivity contribution in [1.29, 1.82) is 0 Å². The highest BCUT2D eigenvalue weighted by atomic mass is 35.5. The van der Waals surface area contributed by atoms with Crippen molar-refractivity contribution in [3.8, 4) is 11.1 Å². The van der Waals surface area contributed by atoms with E-state index in [1.807, 2.05) is 12.1 Å². The van der Waals surface area contributed by atoms with Gasteiger partial charge in [-0.3, -0.25) is 4.79 Å². The van der Waals surface area contributed by atoms with E-state index in [2.05, 4.69) is 5.32 Å². The smallest absolute Gasteiger partial charge is 0.256 e. The summed E-state index contributed by atoms with van der Waals surface area (Å²) in [4.78, 5) is 12.9. The lowest BCUT2D eigenvalue weighted by Gasteiger charge is -2.12. The average Bonchev–Trinajstić information content (AvgIpc) is 3.53. The van der Waals surface area contributed by atoms with E-state index in [4.69, 9.17) is 16.7 Å². The summed E-state index contributed by atoms with van der Waals surface area (Å²) in [6.45, 7) is 0. The maximum Gasteiger partial charge on any atom is 0.256 e. The molecule has 3 aromatic rings. The summed E-state index contributed by atoms with van der Waals surface area (Å²) in [5, 5.41) is 8.73. The van der Waals surface area contributed by atoms with Crippen LogP contribution in [0, 0.1) is 0 Å². The third-order valence-corrected chi connectivity index (χ3v) is 6.13. The van der Waals surface area contributed by atoms with Crippen LogP contribution in [0.25, 0.3) is 11.1 Å². The van der Waals surface area contributed by atoms with E-state index in [9.17, 15) is 13.2 Å². The number of sulfonamides is 1. The second-order valence-electron chi connectivity index (χ2n) is 7.08. The Morgan fingerprint density at radius 3 is 2.34 bits per heavy atom. The van der Waals surface area contributed by atoms with E-state index in [0.717, 1.165) is 18.4 Å². The summed E-state index contributed by atoms with van der Waals surface area (Å²) in [6.07, 6.45) is 2.17. The average molecular weight is 427 g/mol. The number of hydrogen-bond acceptors (Lipinski definition) is 3. The molecule has 7 heteroatoms. The molecule has 0 spiro atoms. The number of anilines is 1. The Morgan fingerprint density at radius 2 is 1.69 bits per heavy atom. The van der Waals surface area contributed by atoms with Crippen molar-refractivity contribution in [3.63, 3.8) is 0 Å². The molecule has 1 aliphatic carbocycles. The number of benzene rings is 3. The zero-order chi connectivity index (χ0) is 20.6. The first-order valence-electron chi connectivity index (χ1n) is 9.16. The van der Waals surface area contributed by atoms with Gasteiger partial charge in [0.2, 0.25) is 10.0 Å². The van der Waals surface area contributed by atoms with Gasteiger partial charge in [-0.25, -0.2) is 13.6 Å². The number of rotatable bonds is 5. The van der Waals surface area contributed by atoms with Crippen LogP contribution in [0.15, 0.2) is 71.6 Å². The van der Waals surface area contributed by atoms with Crippen molar-refractivity contribution in [2.45, 2.75) is 23.7 Å². The lowest BCUT2D eigenvalue weighted by molar-refractivity contribution is 0.102. The van der Waals surface area contributed by atoms with Crippen LogP contribution in [0.3, 0.4) is 0 Å². The van der Waals surface area contributed by atoms with E-state index in [0.29, 0.717) is 33.3 Å². The molecule has 148 valence electrons. The highest BCUT2D eigenvalue weighted by molar-refractivity contribution is 7.89. The largest absolute Gasteiger partial charge is 0.322 e. The molecule has 1 fully saturated rings. The van der Waals surface area contributed by atoms with Gasteiger partial charge in [-0.05, 0) is 60.2 Å². The minimum Gasteiger partial charge on any atom is -0.322 e. The quantitative estimate of drug-likeness (QED) is 0.615. The van der Waals surface area contributed by atoms with Gasteiger partial charge in [-0.15, -0.1) is 0 Å². The summed E-state index contributed by atoms with van der Waals surface area (Å²) >= 11 is 6.09. The third kappa shape index (κ3) is 4.34. The minimum absolute atomic E-state index is 0.0600. The fourth-order valence-corrected chi connectivity index (χ4v) is 4.29. The SMILES string of the molecule is NS(=O)(=O)c1ccccc1-c1ccc(NC(=O)c2cc(Cl)ccc2C2CC2)cc1. The van der Waals surface area contributed by atoms with Gasteiger partial charge in [0.15, 0.2) is 0 Å². The second kappa shape index (κ2) is 7.63. The highest BCUT2D eigenvalue weighted by Gasteiger charge is 2.28. The lowest BCUT2D eigenvalue weighted by Crippen LogP contribution is -2.14. The van der Waals surface area contributed by atoms with Crippen molar-refractivity contribution >= 4 is 33.2 Å². The Kier molecular flexibility index (Phi) is 5.17. The molecule has 1 saturated carbocycles. The van der Waals surface area contributed by atoms with E-state index in [1.165, 1.54) is 6.07 Å². The minimum atomic E-state index is -3.84. The lowest BCUT2D eigenvalue weighted by atomic mass is 10.0. The highest BCUT2D eigenvalue weighted by Crippen LogP contribution is 2.42. The Bertz CT molecular complexity index is 1190. The van der Waals surface area contributed by atoms with Gasteiger partial charge in [-0.2, -0.15) is 0 Å². The molecule has 1 aliphatic rings. The zero-order valence-corrected chi connectivity index (χ0v) is 17.0. The Hall–Kier alpha value is -2.67. The number of carbonyl (C=O) groups is 1. The topological polar surface area (TPSA) is 89.3 Å². The monoisotopic (exact) mass is 426 g/mol. The Balaban J connectivity index is 1.59. The van der Waals surface area contributed by atoms with Gasteiger partial charge in [-0.1, -0.05) is 48.0 Å². The van der Waals surface area contributed by atoms with Crippen LogP contribution < -0.4 is 10.5 Å². The molecular formula is C22H19ClN2O3S. The summed E-state index contributed by atoms with van der Waals surface area (Å²) in [5.74, 6) is 0.206. The molecule has 3 aromatic carbocycles. The third-order valence-electron chi connectivity index (χ3n) is 4.92. The molecule has 0 bridgehead atoms. The summed E-state index contributed by atoms with van der Waals surface area (Å²) in [5.41, 5.74) is 3.41. The van der Waals surface area contributed by atoms with Crippen molar-refractivity contribution in [2.75, 3.05) is 5.32 Å². The summed E-state index contributed by atoms with van der Waals surface area (Å²) in [7, 11) is -3.84. The van der Waals surface area contributed by atoms with Crippen LogP contribution in [0.4, 0.5) is 5.69 Å². The van der Waals surface area contributed by atoms with E-state index in [1.54, 1.807) is 48.5 Å². The molecule has 5 nitrogen and oxygen atoms in total. The number of primary sulfonamides is 1. The van der Waals surface area contributed by atoms with Gasteiger partial charge in [0.1, 0.15) is 0 Å². The van der Waals surface area contributed by atoms with Crippen LogP contribution >= 0.6 is 11.6 Å². The van der Waals surface area contributed by atoms with Crippen LogP contribution in [-0.4, -0.2) is 14.3 Å².